The van der Waals surface area contributed by atoms with Crippen LogP contribution in [0.4, 0.5) is 10.2 Å². The van der Waals surface area contributed by atoms with Crippen LogP contribution in [0.5, 0.6) is 0 Å². The number of amides is 1. The SMILES string of the molecule is O=C(Cn1c(=O)nc(NCc2ccc(F)cc2)c2ccccc21)NC1CCCCC1. The van der Waals surface area contributed by atoms with Gasteiger partial charge in [-0.2, -0.15) is 4.98 Å². The first kappa shape index (κ1) is 20.1. The Balaban J connectivity index is 1.55. The van der Waals surface area contributed by atoms with Gasteiger partial charge in [0.05, 0.1) is 5.52 Å². The van der Waals surface area contributed by atoms with Crippen molar-refractivity contribution in [3.63, 3.8) is 0 Å². The fourth-order valence-electron chi connectivity index (χ4n) is 3.97. The third-order valence-electron chi connectivity index (χ3n) is 5.53. The van der Waals surface area contributed by atoms with Gasteiger partial charge >= 0.3 is 5.69 Å². The van der Waals surface area contributed by atoms with E-state index >= 15 is 0 Å². The molecular formula is C23H25FN4O2. The maximum Gasteiger partial charge on any atom is 0.350 e. The van der Waals surface area contributed by atoms with Crippen molar-refractivity contribution in [3.05, 3.63) is 70.4 Å². The first-order chi connectivity index (χ1) is 14.6. The molecule has 1 aromatic heterocycles. The van der Waals surface area contributed by atoms with Crippen molar-refractivity contribution in [2.75, 3.05) is 5.32 Å². The number of nitrogens with zero attached hydrogens (tertiary/aromatic N) is 2. The molecule has 1 amide bonds. The molecule has 0 radical (unpaired) electrons. The summed E-state index contributed by atoms with van der Waals surface area (Å²) >= 11 is 0. The largest absolute Gasteiger partial charge is 0.365 e. The summed E-state index contributed by atoms with van der Waals surface area (Å²) < 4.78 is 14.5. The van der Waals surface area contributed by atoms with Gasteiger partial charge in [-0.05, 0) is 42.7 Å². The second kappa shape index (κ2) is 9.07. The summed E-state index contributed by atoms with van der Waals surface area (Å²) in [5, 5.41) is 6.97. The highest BCUT2D eigenvalue weighted by Gasteiger charge is 2.18. The fourth-order valence-corrected chi connectivity index (χ4v) is 3.97. The summed E-state index contributed by atoms with van der Waals surface area (Å²) in [5.74, 6) is -0.0109. The molecule has 1 heterocycles. The predicted octanol–water partition coefficient (Wildman–Crippen LogP) is 3.60. The topological polar surface area (TPSA) is 76.0 Å². The lowest BCUT2D eigenvalue weighted by atomic mass is 9.95. The van der Waals surface area contributed by atoms with Crippen LogP contribution in [0.15, 0.2) is 53.3 Å². The van der Waals surface area contributed by atoms with E-state index in [4.69, 9.17) is 0 Å². The third kappa shape index (κ3) is 4.67. The minimum atomic E-state index is -0.478. The molecule has 2 N–H and O–H groups in total. The van der Waals surface area contributed by atoms with Crippen molar-refractivity contribution in [2.24, 2.45) is 0 Å². The third-order valence-corrected chi connectivity index (χ3v) is 5.53. The summed E-state index contributed by atoms with van der Waals surface area (Å²) in [6.07, 6.45) is 5.46. The molecule has 30 heavy (non-hydrogen) atoms. The zero-order valence-corrected chi connectivity index (χ0v) is 16.7. The molecule has 1 aliphatic carbocycles. The highest BCUT2D eigenvalue weighted by Crippen LogP contribution is 2.21. The Morgan fingerprint density at radius 3 is 2.57 bits per heavy atom. The number of fused-ring (bicyclic) bond motifs is 1. The van der Waals surface area contributed by atoms with E-state index in [1.165, 1.54) is 23.1 Å². The minimum Gasteiger partial charge on any atom is -0.365 e. The summed E-state index contributed by atoms with van der Waals surface area (Å²) in [6, 6.07) is 13.7. The Morgan fingerprint density at radius 2 is 1.80 bits per heavy atom. The van der Waals surface area contributed by atoms with E-state index in [2.05, 4.69) is 15.6 Å². The van der Waals surface area contributed by atoms with Crippen LogP contribution in [-0.4, -0.2) is 21.5 Å². The Morgan fingerprint density at radius 1 is 1.07 bits per heavy atom. The van der Waals surface area contributed by atoms with Gasteiger partial charge in [0.1, 0.15) is 18.2 Å². The average molecular weight is 408 g/mol. The van der Waals surface area contributed by atoms with Gasteiger partial charge in [-0.25, -0.2) is 9.18 Å². The van der Waals surface area contributed by atoms with Crippen LogP contribution in [0.1, 0.15) is 37.7 Å². The summed E-state index contributed by atoms with van der Waals surface area (Å²) in [5.41, 5.74) is 1.05. The molecule has 0 bridgehead atoms. The van der Waals surface area contributed by atoms with Crippen molar-refractivity contribution >= 4 is 22.6 Å². The summed E-state index contributed by atoms with van der Waals surface area (Å²) in [7, 11) is 0. The molecule has 0 atom stereocenters. The van der Waals surface area contributed by atoms with E-state index in [0.717, 1.165) is 36.6 Å². The monoisotopic (exact) mass is 408 g/mol. The molecule has 0 spiro atoms. The van der Waals surface area contributed by atoms with E-state index in [-0.39, 0.29) is 24.3 Å². The van der Waals surface area contributed by atoms with Crippen molar-refractivity contribution in [1.82, 2.24) is 14.9 Å². The molecule has 7 heteroatoms. The normalized spacial score (nSPS) is 14.6. The number of benzene rings is 2. The molecule has 2 aromatic carbocycles. The van der Waals surface area contributed by atoms with Crippen molar-refractivity contribution in [3.8, 4) is 0 Å². The number of hydrogen-bond donors (Lipinski definition) is 2. The molecule has 3 aromatic rings. The number of halogens is 1. The zero-order valence-electron chi connectivity index (χ0n) is 16.7. The maximum atomic E-state index is 13.1. The Hall–Kier alpha value is -3.22. The van der Waals surface area contributed by atoms with E-state index in [1.807, 2.05) is 24.3 Å². The number of carbonyl (C=O) groups excluding carboxylic acids is 1. The van der Waals surface area contributed by atoms with Crippen molar-refractivity contribution < 1.29 is 9.18 Å². The van der Waals surface area contributed by atoms with Gasteiger partial charge in [0.15, 0.2) is 0 Å². The van der Waals surface area contributed by atoms with Crippen LogP contribution >= 0.6 is 0 Å². The quantitative estimate of drug-likeness (QED) is 0.654. The smallest absolute Gasteiger partial charge is 0.350 e. The van der Waals surface area contributed by atoms with Crippen LogP contribution in [-0.2, 0) is 17.9 Å². The Bertz CT molecular complexity index is 1090. The maximum absolute atomic E-state index is 13.1. The molecule has 1 aliphatic rings. The Labute approximate surface area is 174 Å². The molecule has 0 unspecified atom stereocenters. The van der Waals surface area contributed by atoms with Crippen LogP contribution in [0.3, 0.4) is 0 Å². The second-order valence-electron chi connectivity index (χ2n) is 7.73. The Kier molecular flexibility index (Phi) is 6.07. The highest BCUT2D eigenvalue weighted by atomic mass is 19.1. The average Bonchev–Trinajstić information content (AvgIpc) is 2.76. The number of hydrogen-bond acceptors (Lipinski definition) is 4. The van der Waals surface area contributed by atoms with Gasteiger partial charge in [-0.15, -0.1) is 0 Å². The second-order valence-corrected chi connectivity index (χ2v) is 7.73. The first-order valence-electron chi connectivity index (χ1n) is 10.4. The molecular weight excluding hydrogens is 383 g/mol. The molecule has 156 valence electrons. The van der Waals surface area contributed by atoms with Crippen LogP contribution in [0.25, 0.3) is 10.9 Å². The molecule has 1 saturated carbocycles. The van der Waals surface area contributed by atoms with Gasteiger partial charge < -0.3 is 10.6 Å². The molecule has 0 aliphatic heterocycles. The van der Waals surface area contributed by atoms with Gasteiger partial charge in [0, 0.05) is 18.0 Å². The lowest BCUT2D eigenvalue weighted by molar-refractivity contribution is -0.122. The summed E-state index contributed by atoms with van der Waals surface area (Å²) in [6.45, 7) is 0.351. The summed E-state index contributed by atoms with van der Waals surface area (Å²) in [4.78, 5) is 29.5. The number of carbonyl (C=O) groups is 1. The molecule has 4 rings (SSSR count). The van der Waals surface area contributed by atoms with Crippen molar-refractivity contribution in [1.29, 1.82) is 0 Å². The molecule has 0 saturated heterocycles. The minimum absolute atomic E-state index is 0.0545. The van der Waals surface area contributed by atoms with Gasteiger partial charge in [0.25, 0.3) is 0 Å². The van der Waals surface area contributed by atoms with E-state index in [0.29, 0.717) is 17.9 Å². The van der Waals surface area contributed by atoms with Crippen LogP contribution in [0, 0.1) is 5.82 Å². The van der Waals surface area contributed by atoms with Crippen molar-refractivity contribution in [2.45, 2.75) is 51.2 Å². The number of nitrogens with one attached hydrogen (secondary N) is 2. The van der Waals surface area contributed by atoms with Gasteiger partial charge in [-0.1, -0.05) is 43.5 Å². The van der Waals surface area contributed by atoms with Gasteiger partial charge in [0.2, 0.25) is 5.91 Å². The molecule has 1 fully saturated rings. The number of anilines is 1. The first-order valence-corrected chi connectivity index (χ1v) is 10.4. The van der Waals surface area contributed by atoms with Crippen LogP contribution < -0.4 is 16.3 Å². The number of para-hydroxylation sites is 1. The number of rotatable bonds is 6. The fraction of sp³-hybridized carbons (Fsp3) is 0.348. The zero-order chi connectivity index (χ0) is 20.9. The highest BCUT2D eigenvalue weighted by molar-refractivity contribution is 5.90. The van der Waals surface area contributed by atoms with E-state index in [9.17, 15) is 14.0 Å². The lowest BCUT2D eigenvalue weighted by Gasteiger charge is -2.23. The lowest BCUT2D eigenvalue weighted by Crippen LogP contribution is -2.40. The van der Waals surface area contributed by atoms with Crippen LogP contribution in [0.2, 0.25) is 0 Å². The standard InChI is InChI=1S/C23H25FN4O2/c24-17-12-10-16(11-13-17)14-25-22-19-8-4-5-9-20(19)28(23(30)27-22)15-21(29)26-18-6-2-1-3-7-18/h4-5,8-13,18H,1-3,6-7,14-15H2,(H,26,29)(H,25,27,30). The van der Waals surface area contributed by atoms with E-state index in [1.54, 1.807) is 12.1 Å². The number of aromatic nitrogens is 2. The van der Waals surface area contributed by atoms with Gasteiger partial charge in [-0.3, -0.25) is 9.36 Å². The predicted molar refractivity (Wildman–Crippen MR) is 115 cm³/mol. The van der Waals surface area contributed by atoms with E-state index < -0.39 is 5.69 Å². The molecule has 6 nitrogen and oxygen atoms in total.